The fourth-order valence-electron chi connectivity index (χ4n) is 2.91. The maximum atomic E-state index is 12.2. The van der Waals surface area contributed by atoms with Gasteiger partial charge in [0.15, 0.2) is 0 Å². The molecule has 32 heavy (non-hydrogen) atoms. The number of nitrogens with one attached hydrogen (secondary N) is 3. The number of rotatable bonds is 10. The highest BCUT2D eigenvalue weighted by Gasteiger charge is 2.09. The lowest BCUT2D eigenvalue weighted by atomic mass is 10.1. The van der Waals surface area contributed by atoms with E-state index in [9.17, 15) is 9.59 Å². The molecule has 3 N–H and O–H groups in total. The first-order valence-electron chi connectivity index (χ1n) is 10.7. The SMILES string of the molecule is CCC(C)NC(=O)c1ccc(NC(=O)CNc2ccc(OCc3ccccc3)cc2)cc1. The Kier molecular flexibility index (Phi) is 8.26. The minimum atomic E-state index is -0.175. The van der Waals surface area contributed by atoms with Gasteiger partial charge in [-0.1, -0.05) is 37.3 Å². The summed E-state index contributed by atoms with van der Waals surface area (Å²) in [5.74, 6) is 0.475. The first kappa shape index (κ1) is 22.9. The van der Waals surface area contributed by atoms with Gasteiger partial charge in [0.25, 0.3) is 5.91 Å². The second-order valence-corrected chi connectivity index (χ2v) is 7.56. The van der Waals surface area contributed by atoms with Crippen LogP contribution in [0, 0.1) is 0 Å². The Balaban J connectivity index is 1.43. The third kappa shape index (κ3) is 7.16. The van der Waals surface area contributed by atoms with E-state index in [4.69, 9.17) is 4.74 Å². The molecule has 1 atom stereocenters. The molecule has 3 rings (SSSR count). The van der Waals surface area contributed by atoms with Crippen molar-refractivity contribution in [1.29, 1.82) is 0 Å². The Labute approximate surface area is 189 Å². The van der Waals surface area contributed by atoms with E-state index in [0.29, 0.717) is 17.9 Å². The topological polar surface area (TPSA) is 79.5 Å². The molecule has 0 heterocycles. The highest BCUT2D eigenvalue weighted by Crippen LogP contribution is 2.17. The summed E-state index contributed by atoms with van der Waals surface area (Å²) in [6, 6.07) is 24.4. The van der Waals surface area contributed by atoms with Crippen LogP contribution >= 0.6 is 0 Å². The van der Waals surface area contributed by atoms with Gasteiger partial charge in [-0.25, -0.2) is 0 Å². The van der Waals surface area contributed by atoms with Crippen molar-refractivity contribution < 1.29 is 14.3 Å². The van der Waals surface area contributed by atoms with Crippen molar-refractivity contribution in [1.82, 2.24) is 5.32 Å². The number of benzene rings is 3. The molecule has 2 amide bonds. The number of amides is 2. The van der Waals surface area contributed by atoms with Crippen LogP contribution < -0.4 is 20.7 Å². The van der Waals surface area contributed by atoms with Gasteiger partial charge in [-0.05, 0) is 67.4 Å². The maximum absolute atomic E-state index is 12.2. The number of carbonyl (C=O) groups excluding carboxylic acids is 2. The van der Waals surface area contributed by atoms with Crippen LogP contribution in [0.3, 0.4) is 0 Å². The standard InChI is InChI=1S/C26H29N3O3/c1-3-19(2)28-26(31)21-9-11-23(12-10-21)29-25(30)17-27-22-13-15-24(16-14-22)32-18-20-7-5-4-6-8-20/h4-16,19,27H,3,17-18H2,1-2H3,(H,28,31)(H,29,30). The number of hydrogen-bond donors (Lipinski definition) is 3. The molecule has 0 saturated carbocycles. The second-order valence-electron chi connectivity index (χ2n) is 7.56. The van der Waals surface area contributed by atoms with E-state index in [1.807, 2.05) is 68.4 Å². The number of ether oxygens (including phenoxy) is 1. The third-order valence-electron chi connectivity index (χ3n) is 4.98. The zero-order valence-corrected chi connectivity index (χ0v) is 18.4. The van der Waals surface area contributed by atoms with E-state index in [1.54, 1.807) is 24.3 Å². The molecule has 0 saturated heterocycles. The lowest BCUT2D eigenvalue weighted by molar-refractivity contribution is -0.114. The quantitative estimate of drug-likeness (QED) is 0.429. The fraction of sp³-hybridized carbons (Fsp3) is 0.231. The molecule has 0 spiro atoms. The molecule has 0 bridgehead atoms. The largest absolute Gasteiger partial charge is 0.489 e. The first-order valence-corrected chi connectivity index (χ1v) is 10.7. The second kappa shape index (κ2) is 11.6. The van der Waals surface area contributed by atoms with Gasteiger partial charge >= 0.3 is 0 Å². The summed E-state index contributed by atoms with van der Waals surface area (Å²) in [5.41, 5.74) is 3.14. The summed E-state index contributed by atoms with van der Waals surface area (Å²) >= 11 is 0. The first-order chi connectivity index (χ1) is 15.5. The predicted molar refractivity (Wildman–Crippen MR) is 128 cm³/mol. The fourth-order valence-corrected chi connectivity index (χ4v) is 2.91. The van der Waals surface area contributed by atoms with Crippen LogP contribution in [-0.4, -0.2) is 24.4 Å². The van der Waals surface area contributed by atoms with Crippen LogP contribution in [-0.2, 0) is 11.4 Å². The van der Waals surface area contributed by atoms with Crippen molar-refractivity contribution in [3.63, 3.8) is 0 Å². The molecular formula is C26H29N3O3. The molecule has 6 nitrogen and oxygen atoms in total. The van der Waals surface area contributed by atoms with Crippen LogP contribution in [0.2, 0.25) is 0 Å². The number of carbonyl (C=O) groups is 2. The molecule has 3 aromatic rings. The average Bonchev–Trinajstić information content (AvgIpc) is 2.83. The van der Waals surface area contributed by atoms with Crippen LogP contribution in [0.25, 0.3) is 0 Å². The lowest BCUT2D eigenvalue weighted by Crippen LogP contribution is -2.31. The van der Waals surface area contributed by atoms with Crippen molar-refractivity contribution in [2.24, 2.45) is 0 Å². The van der Waals surface area contributed by atoms with Gasteiger partial charge in [0.05, 0.1) is 6.54 Å². The van der Waals surface area contributed by atoms with E-state index in [0.717, 1.165) is 23.4 Å². The van der Waals surface area contributed by atoms with Gasteiger partial charge in [0.2, 0.25) is 5.91 Å². The molecule has 1 unspecified atom stereocenters. The van der Waals surface area contributed by atoms with Crippen LogP contribution in [0.1, 0.15) is 36.2 Å². The Morgan fingerprint density at radius 1 is 0.875 bits per heavy atom. The Hall–Kier alpha value is -3.80. The van der Waals surface area contributed by atoms with Gasteiger partial charge < -0.3 is 20.7 Å². The van der Waals surface area contributed by atoms with Crippen LogP contribution in [0.5, 0.6) is 5.75 Å². The van der Waals surface area contributed by atoms with Crippen molar-refractivity contribution in [3.05, 3.63) is 90.0 Å². The van der Waals surface area contributed by atoms with Crippen molar-refractivity contribution in [2.45, 2.75) is 32.9 Å². The van der Waals surface area contributed by atoms with E-state index in [1.165, 1.54) is 0 Å². The van der Waals surface area contributed by atoms with E-state index in [-0.39, 0.29) is 24.4 Å². The lowest BCUT2D eigenvalue weighted by Gasteiger charge is -2.12. The zero-order chi connectivity index (χ0) is 22.8. The minimum Gasteiger partial charge on any atom is -0.489 e. The summed E-state index contributed by atoms with van der Waals surface area (Å²) in [5, 5.41) is 8.83. The smallest absolute Gasteiger partial charge is 0.251 e. The van der Waals surface area contributed by atoms with Gasteiger partial charge in [0, 0.05) is 23.0 Å². The van der Waals surface area contributed by atoms with Gasteiger partial charge in [-0.2, -0.15) is 0 Å². The number of anilines is 2. The highest BCUT2D eigenvalue weighted by molar-refractivity contribution is 5.96. The molecule has 0 aliphatic heterocycles. The Morgan fingerprint density at radius 3 is 2.19 bits per heavy atom. The third-order valence-corrected chi connectivity index (χ3v) is 4.98. The van der Waals surface area contributed by atoms with Crippen LogP contribution in [0.4, 0.5) is 11.4 Å². The van der Waals surface area contributed by atoms with E-state index >= 15 is 0 Å². The Morgan fingerprint density at radius 2 is 1.53 bits per heavy atom. The molecule has 6 heteroatoms. The van der Waals surface area contributed by atoms with Crippen molar-refractivity contribution in [3.8, 4) is 5.75 Å². The zero-order valence-electron chi connectivity index (χ0n) is 18.4. The van der Waals surface area contributed by atoms with Crippen LogP contribution in [0.15, 0.2) is 78.9 Å². The molecule has 0 aromatic heterocycles. The van der Waals surface area contributed by atoms with Crippen molar-refractivity contribution >= 4 is 23.2 Å². The van der Waals surface area contributed by atoms with E-state index < -0.39 is 0 Å². The molecule has 0 fully saturated rings. The van der Waals surface area contributed by atoms with Crippen molar-refractivity contribution in [2.75, 3.05) is 17.2 Å². The van der Waals surface area contributed by atoms with Gasteiger partial charge in [0.1, 0.15) is 12.4 Å². The predicted octanol–water partition coefficient (Wildman–Crippen LogP) is 4.84. The minimum absolute atomic E-state index is 0.116. The summed E-state index contributed by atoms with van der Waals surface area (Å²) in [6.07, 6.45) is 0.871. The molecular weight excluding hydrogens is 402 g/mol. The molecule has 166 valence electrons. The summed E-state index contributed by atoms with van der Waals surface area (Å²) in [4.78, 5) is 24.4. The summed E-state index contributed by atoms with van der Waals surface area (Å²) in [7, 11) is 0. The molecule has 0 radical (unpaired) electrons. The normalized spacial score (nSPS) is 11.3. The molecule has 0 aliphatic carbocycles. The average molecular weight is 432 g/mol. The highest BCUT2D eigenvalue weighted by atomic mass is 16.5. The van der Waals surface area contributed by atoms with Gasteiger partial charge in [-0.15, -0.1) is 0 Å². The maximum Gasteiger partial charge on any atom is 0.251 e. The molecule has 0 aliphatic rings. The molecule has 3 aromatic carbocycles. The summed E-state index contributed by atoms with van der Waals surface area (Å²) < 4.78 is 5.77. The van der Waals surface area contributed by atoms with E-state index in [2.05, 4.69) is 16.0 Å². The Bertz CT molecular complexity index is 1000. The van der Waals surface area contributed by atoms with Gasteiger partial charge in [-0.3, -0.25) is 9.59 Å². The monoisotopic (exact) mass is 431 g/mol. The summed E-state index contributed by atoms with van der Waals surface area (Å²) in [6.45, 7) is 4.62. The number of hydrogen-bond acceptors (Lipinski definition) is 4.